The SMILES string of the molecule is ClCC1CCN1Cc1ccccc1. The lowest BCUT2D eigenvalue weighted by atomic mass is 10.0. The lowest BCUT2D eigenvalue weighted by Gasteiger charge is -2.39. The van der Waals surface area contributed by atoms with Gasteiger partial charge < -0.3 is 0 Å². The maximum absolute atomic E-state index is 5.82. The third-order valence-electron chi connectivity index (χ3n) is 2.67. The smallest absolute Gasteiger partial charge is 0.0380 e. The minimum Gasteiger partial charge on any atom is -0.295 e. The fourth-order valence-corrected chi connectivity index (χ4v) is 2.04. The van der Waals surface area contributed by atoms with Crippen LogP contribution in [0.5, 0.6) is 0 Å². The van der Waals surface area contributed by atoms with E-state index in [2.05, 4.69) is 35.2 Å². The quantitative estimate of drug-likeness (QED) is 0.670. The van der Waals surface area contributed by atoms with Crippen molar-refractivity contribution in [3.63, 3.8) is 0 Å². The first-order chi connectivity index (χ1) is 6.40. The molecule has 1 saturated heterocycles. The van der Waals surface area contributed by atoms with Crippen molar-refractivity contribution in [3.05, 3.63) is 35.9 Å². The highest BCUT2D eigenvalue weighted by Gasteiger charge is 2.26. The molecule has 13 heavy (non-hydrogen) atoms. The third-order valence-corrected chi connectivity index (χ3v) is 3.03. The molecule has 0 aliphatic carbocycles. The van der Waals surface area contributed by atoms with Gasteiger partial charge in [-0.1, -0.05) is 30.3 Å². The first-order valence-electron chi connectivity index (χ1n) is 4.74. The van der Waals surface area contributed by atoms with Gasteiger partial charge in [0.15, 0.2) is 0 Å². The Bertz CT molecular complexity index is 258. The van der Waals surface area contributed by atoms with Crippen molar-refractivity contribution in [2.24, 2.45) is 0 Å². The first-order valence-corrected chi connectivity index (χ1v) is 5.27. The Balaban J connectivity index is 1.92. The summed E-state index contributed by atoms with van der Waals surface area (Å²) in [6.07, 6.45) is 1.26. The third kappa shape index (κ3) is 2.04. The Labute approximate surface area is 84.3 Å². The second-order valence-electron chi connectivity index (χ2n) is 3.55. The normalized spacial score (nSPS) is 22.7. The first kappa shape index (κ1) is 9.04. The van der Waals surface area contributed by atoms with E-state index in [0.29, 0.717) is 6.04 Å². The second-order valence-corrected chi connectivity index (χ2v) is 3.86. The van der Waals surface area contributed by atoms with E-state index in [0.717, 1.165) is 12.4 Å². The predicted molar refractivity (Wildman–Crippen MR) is 56.0 cm³/mol. The van der Waals surface area contributed by atoms with Crippen LogP contribution in [0.4, 0.5) is 0 Å². The Hall–Kier alpha value is -0.530. The molecular weight excluding hydrogens is 182 g/mol. The van der Waals surface area contributed by atoms with Crippen molar-refractivity contribution in [2.45, 2.75) is 19.0 Å². The van der Waals surface area contributed by atoms with Crippen LogP contribution < -0.4 is 0 Å². The molecule has 0 N–H and O–H groups in total. The Kier molecular flexibility index (Phi) is 2.87. The predicted octanol–water partition coefficient (Wildman–Crippen LogP) is 2.50. The maximum atomic E-state index is 5.82. The molecule has 0 saturated carbocycles. The highest BCUT2D eigenvalue weighted by Crippen LogP contribution is 2.21. The molecule has 1 aliphatic heterocycles. The largest absolute Gasteiger partial charge is 0.295 e. The molecule has 1 fully saturated rings. The van der Waals surface area contributed by atoms with Crippen molar-refractivity contribution >= 4 is 11.6 Å². The van der Waals surface area contributed by atoms with Gasteiger partial charge in [-0.2, -0.15) is 0 Å². The van der Waals surface area contributed by atoms with Crippen LogP contribution in [0.1, 0.15) is 12.0 Å². The van der Waals surface area contributed by atoms with E-state index in [1.807, 2.05) is 0 Å². The average molecular weight is 196 g/mol. The zero-order valence-corrected chi connectivity index (χ0v) is 8.37. The zero-order valence-electron chi connectivity index (χ0n) is 7.62. The van der Waals surface area contributed by atoms with Crippen LogP contribution in [0.25, 0.3) is 0 Å². The van der Waals surface area contributed by atoms with E-state index in [1.165, 1.54) is 18.5 Å². The van der Waals surface area contributed by atoms with Crippen molar-refractivity contribution in [2.75, 3.05) is 12.4 Å². The number of halogens is 1. The summed E-state index contributed by atoms with van der Waals surface area (Å²) in [5, 5.41) is 0. The fraction of sp³-hybridized carbons (Fsp3) is 0.455. The molecule has 1 aromatic rings. The second kappa shape index (κ2) is 4.12. The van der Waals surface area contributed by atoms with E-state index in [1.54, 1.807) is 0 Å². The van der Waals surface area contributed by atoms with Crippen LogP contribution in [0.2, 0.25) is 0 Å². The van der Waals surface area contributed by atoms with Crippen LogP contribution in [-0.4, -0.2) is 23.4 Å². The van der Waals surface area contributed by atoms with Crippen molar-refractivity contribution in [1.82, 2.24) is 4.90 Å². The van der Waals surface area contributed by atoms with Gasteiger partial charge in [0.05, 0.1) is 0 Å². The summed E-state index contributed by atoms with van der Waals surface area (Å²) in [6, 6.07) is 11.2. The molecule has 0 aromatic heterocycles. The van der Waals surface area contributed by atoms with Gasteiger partial charge in [0, 0.05) is 25.0 Å². The molecule has 1 heterocycles. The monoisotopic (exact) mass is 195 g/mol. The van der Waals surface area contributed by atoms with Crippen molar-refractivity contribution in [1.29, 1.82) is 0 Å². The molecule has 0 spiro atoms. The van der Waals surface area contributed by atoms with E-state index in [-0.39, 0.29) is 0 Å². The Morgan fingerprint density at radius 2 is 2.08 bits per heavy atom. The van der Waals surface area contributed by atoms with Crippen LogP contribution in [-0.2, 0) is 6.54 Å². The number of hydrogen-bond donors (Lipinski definition) is 0. The Morgan fingerprint density at radius 3 is 2.62 bits per heavy atom. The summed E-state index contributed by atoms with van der Waals surface area (Å²) >= 11 is 5.82. The molecule has 2 heteroatoms. The zero-order chi connectivity index (χ0) is 9.10. The molecular formula is C11H14ClN. The number of nitrogens with zero attached hydrogens (tertiary/aromatic N) is 1. The van der Waals surface area contributed by atoms with Gasteiger partial charge in [-0.3, -0.25) is 4.90 Å². The summed E-state index contributed by atoms with van der Waals surface area (Å²) < 4.78 is 0. The van der Waals surface area contributed by atoms with Gasteiger partial charge in [-0.25, -0.2) is 0 Å². The summed E-state index contributed by atoms with van der Waals surface area (Å²) in [7, 11) is 0. The average Bonchev–Trinajstić information content (AvgIpc) is 2.15. The highest BCUT2D eigenvalue weighted by molar-refractivity contribution is 6.18. The van der Waals surface area contributed by atoms with Gasteiger partial charge in [0.25, 0.3) is 0 Å². The van der Waals surface area contributed by atoms with Crippen molar-refractivity contribution in [3.8, 4) is 0 Å². The van der Waals surface area contributed by atoms with Crippen LogP contribution >= 0.6 is 11.6 Å². The lowest BCUT2D eigenvalue weighted by Crippen LogP contribution is -2.47. The molecule has 1 nitrogen and oxygen atoms in total. The summed E-state index contributed by atoms with van der Waals surface area (Å²) in [6.45, 7) is 2.25. The minimum atomic E-state index is 0.613. The fourth-order valence-electron chi connectivity index (χ4n) is 1.70. The molecule has 0 radical (unpaired) electrons. The van der Waals surface area contributed by atoms with Gasteiger partial charge >= 0.3 is 0 Å². The molecule has 70 valence electrons. The topological polar surface area (TPSA) is 3.24 Å². The van der Waals surface area contributed by atoms with Crippen LogP contribution in [0.3, 0.4) is 0 Å². The Morgan fingerprint density at radius 1 is 1.31 bits per heavy atom. The van der Waals surface area contributed by atoms with Crippen LogP contribution in [0.15, 0.2) is 30.3 Å². The molecule has 0 amide bonds. The van der Waals surface area contributed by atoms with E-state index >= 15 is 0 Å². The standard InChI is InChI=1S/C11H14ClN/c12-8-11-6-7-13(11)9-10-4-2-1-3-5-10/h1-5,11H,6-9H2. The summed E-state index contributed by atoms with van der Waals surface area (Å²) in [5.41, 5.74) is 1.39. The number of alkyl halides is 1. The van der Waals surface area contributed by atoms with E-state index in [4.69, 9.17) is 11.6 Å². The molecule has 1 aromatic carbocycles. The number of hydrogen-bond acceptors (Lipinski definition) is 1. The van der Waals surface area contributed by atoms with Gasteiger partial charge in [0.2, 0.25) is 0 Å². The van der Waals surface area contributed by atoms with E-state index in [9.17, 15) is 0 Å². The van der Waals surface area contributed by atoms with Gasteiger partial charge in [0.1, 0.15) is 0 Å². The number of likely N-dealkylation sites (tertiary alicyclic amines) is 1. The number of rotatable bonds is 3. The molecule has 1 unspecified atom stereocenters. The molecule has 2 rings (SSSR count). The molecule has 1 atom stereocenters. The van der Waals surface area contributed by atoms with Crippen LogP contribution in [0, 0.1) is 0 Å². The van der Waals surface area contributed by atoms with Gasteiger partial charge in [-0.15, -0.1) is 11.6 Å². The van der Waals surface area contributed by atoms with Crippen molar-refractivity contribution < 1.29 is 0 Å². The minimum absolute atomic E-state index is 0.613. The molecule has 0 bridgehead atoms. The lowest BCUT2D eigenvalue weighted by molar-refractivity contribution is 0.0984. The summed E-state index contributed by atoms with van der Waals surface area (Å²) in [4.78, 5) is 2.43. The maximum Gasteiger partial charge on any atom is 0.0380 e. The van der Waals surface area contributed by atoms with Gasteiger partial charge in [-0.05, 0) is 12.0 Å². The molecule has 1 aliphatic rings. The number of benzene rings is 1. The van der Waals surface area contributed by atoms with E-state index < -0.39 is 0 Å². The summed E-state index contributed by atoms with van der Waals surface area (Å²) in [5.74, 6) is 0.771. The highest BCUT2D eigenvalue weighted by atomic mass is 35.5.